The predicted octanol–water partition coefficient (Wildman–Crippen LogP) is 5.64. The highest BCUT2D eigenvalue weighted by atomic mass is 35.5. The second kappa shape index (κ2) is 10.5. The second-order valence-electron chi connectivity index (χ2n) is 9.92. The molecule has 0 spiro atoms. The van der Waals surface area contributed by atoms with Crippen molar-refractivity contribution in [2.45, 2.75) is 20.3 Å². The van der Waals surface area contributed by atoms with Crippen molar-refractivity contribution in [3.63, 3.8) is 0 Å². The predicted molar refractivity (Wildman–Crippen MR) is 155 cm³/mol. The number of hydrogen-bond donors (Lipinski definition) is 0. The van der Waals surface area contributed by atoms with Crippen molar-refractivity contribution in [2.75, 3.05) is 31.1 Å². The molecule has 39 heavy (non-hydrogen) atoms. The first-order valence-corrected chi connectivity index (χ1v) is 13.5. The molecule has 1 fully saturated rings. The number of aromatic nitrogens is 4. The number of halogens is 1. The number of para-hydroxylation sites is 1. The molecule has 2 aromatic heterocycles. The SMILES string of the molecule is Cc1ccc(Cc2nc(N3CCN(C(=O)c4ccccc4Cl)CC3)c3c(C)nn(-c4ccccc4)c3n2)cc1. The maximum absolute atomic E-state index is 13.2. The molecule has 1 saturated heterocycles. The summed E-state index contributed by atoms with van der Waals surface area (Å²) in [6.45, 7) is 6.56. The van der Waals surface area contributed by atoms with Crippen LogP contribution in [-0.4, -0.2) is 56.7 Å². The molecular formula is C31H29ClN6O. The number of amides is 1. The first kappa shape index (κ1) is 25.1. The van der Waals surface area contributed by atoms with Crippen LogP contribution in [0.5, 0.6) is 0 Å². The fourth-order valence-corrected chi connectivity index (χ4v) is 5.29. The third-order valence-electron chi connectivity index (χ3n) is 7.18. The Morgan fingerprint density at radius 3 is 2.26 bits per heavy atom. The van der Waals surface area contributed by atoms with Gasteiger partial charge >= 0.3 is 0 Å². The van der Waals surface area contributed by atoms with Crippen LogP contribution in [0.25, 0.3) is 16.7 Å². The monoisotopic (exact) mass is 536 g/mol. The zero-order valence-corrected chi connectivity index (χ0v) is 22.8. The van der Waals surface area contributed by atoms with Crippen LogP contribution < -0.4 is 4.90 Å². The maximum atomic E-state index is 13.2. The van der Waals surface area contributed by atoms with Crippen molar-refractivity contribution in [1.82, 2.24) is 24.6 Å². The summed E-state index contributed by atoms with van der Waals surface area (Å²) >= 11 is 6.31. The number of benzene rings is 3. The second-order valence-corrected chi connectivity index (χ2v) is 10.3. The van der Waals surface area contributed by atoms with Gasteiger partial charge in [-0.2, -0.15) is 5.10 Å². The van der Waals surface area contributed by atoms with Crippen molar-refractivity contribution in [1.29, 1.82) is 0 Å². The molecule has 3 heterocycles. The number of aryl methyl sites for hydroxylation is 2. The third-order valence-corrected chi connectivity index (χ3v) is 7.51. The van der Waals surface area contributed by atoms with Crippen molar-refractivity contribution < 1.29 is 4.79 Å². The van der Waals surface area contributed by atoms with Crippen molar-refractivity contribution in [3.05, 3.63) is 112 Å². The quantitative estimate of drug-likeness (QED) is 0.291. The summed E-state index contributed by atoms with van der Waals surface area (Å²) in [6, 6.07) is 25.8. The van der Waals surface area contributed by atoms with E-state index >= 15 is 0 Å². The van der Waals surface area contributed by atoms with Gasteiger partial charge in [-0.05, 0) is 43.7 Å². The van der Waals surface area contributed by atoms with Crippen LogP contribution in [0.4, 0.5) is 5.82 Å². The van der Waals surface area contributed by atoms with Crippen LogP contribution in [0.2, 0.25) is 5.02 Å². The fourth-order valence-electron chi connectivity index (χ4n) is 5.08. The molecule has 8 heteroatoms. The van der Waals surface area contributed by atoms with E-state index in [1.807, 2.05) is 59.0 Å². The molecule has 1 aliphatic heterocycles. The van der Waals surface area contributed by atoms with Crippen LogP contribution in [0, 0.1) is 13.8 Å². The van der Waals surface area contributed by atoms with E-state index in [1.54, 1.807) is 12.1 Å². The molecule has 6 rings (SSSR count). The number of anilines is 1. The standard InChI is InChI=1S/C31H29ClN6O/c1-21-12-14-23(15-13-21)20-27-33-29(28-22(2)35-38(30(28)34-27)24-8-4-3-5-9-24)36-16-18-37(19-17-36)31(39)25-10-6-7-11-26(25)32/h3-15H,16-20H2,1-2H3. The van der Waals surface area contributed by atoms with Gasteiger partial charge in [0, 0.05) is 32.6 Å². The average molecular weight is 537 g/mol. The van der Waals surface area contributed by atoms with Gasteiger partial charge in [-0.1, -0.05) is 71.8 Å². The molecule has 0 bridgehead atoms. The van der Waals surface area contributed by atoms with Crippen molar-refractivity contribution in [3.8, 4) is 5.69 Å². The minimum Gasteiger partial charge on any atom is -0.352 e. The number of hydrogen-bond acceptors (Lipinski definition) is 5. The van der Waals surface area contributed by atoms with Gasteiger partial charge in [0.2, 0.25) is 0 Å². The van der Waals surface area contributed by atoms with E-state index in [1.165, 1.54) is 5.56 Å². The summed E-state index contributed by atoms with van der Waals surface area (Å²) in [7, 11) is 0. The van der Waals surface area contributed by atoms with E-state index in [0.717, 1.165) is 39.6 Å². The number of carbonyl (C=O) groups is 1. The van der Waals surface area contributed by atoms with Crippen molar-refractivity contribution in [2.24, 2.45) is 0 Å². The maximum Gasteiger partial charge on any atom is 0.255 e. The number of carbonyl (C=O) groups excluding carboxylic acids is 1. The van der Waals surface area contributed by atoms with Gasteiger partial charge in [-0.3, -0.25) is 4.79 Å². The molecule has 0 atom stereocenters. The topological polar surface area (TPSA) is 67.2 Å². The van der Waals surface area contributed by atoms with E-state index in [-0.39, 0.29) is 5.91 Å². The Bertz CT molecular complexity index is 1640. The highest BCUT2D eigenvalue weighted by Crippen LogP contribution is 2.30. The molecule has 3 aromatic carbocycles. The van der Waals surface area contributed by atoms with Gasteiger partial charge in [0.05, 0.1) is 27.4 Å². The number of rotatable bonds is 5. The van der Waals surface area contributed by atoms with Gasteiger partial charge in [-0.15, -0.1) is 0 Å². The molecular weight excluding hydrogens is 508 g/mol. The number of piperazine rings is 1. The Morgan fingerprint density at radius 1 is 0.846 bits per heavy atom. The van der Waals surface area contributed by atoms with E-state index in [9.17, 15) is 4.79 Å². The number of fused-ring (bicyclic) bond motifs is 1. The zero-order chi connectivity index (χ0) is 26.9. The van der Waals surface area contributed by atoms with Gasteiger partial charge in [-0.25, -0.2) is 14.6 Å². The van der Waals surface area contributed by atoms with E-state index in [2.05, 4.69) is 36.1 Å². The van der Waals surface area contributed by atoms with Crippen LogP contribution in [0.15, 0.2) is 78.9 Å². The Kier molecular flexibility index (Phi) is 6.75. The summed E-state index contributed by atoms with van der Waals surface area (Å²) < 4.78 is 1.91. The van der Waals surface area contributed by atoms with Gasteiger partial charge < -0.3 is 9.80 Å². The molecule has 0 unspecified atom stereocenters. The smallest absolute Gasteiger partial charge is 0.255 e. The molecule has 1 amide bonds. The number of nitrogens with zero attached hydrogens (tertiary/aromatic N) is 6. The highest BCUT2D eigenvalue weighted by molar-refractivity contribution is 6.33. The first-order chi connectivity index (χ1) is 19.0. The molecule has 196 valence electrons. The lowest BCUT2D eigenvalue weighted by atomic mass is 10.1. The Morgan fingerprint density at radius 2 is 1.54 bits per heavy atom. The molecule has 7 nitrogen and oxygen atoms in total. The van der Waals surface area contributed by atoms with Crippen LogP contribution >= 0.6 is 11.6 Å². The van der Waals surface area contributed by atoms with E-state index in [0.29, 0.717) is 43.2 Å². The lowest BCUT2D eigenvalue weighted by molar-refractivity contribution is 0.0746. The lowest BCUT2D eigenvalue weighted by Gasteiger charge is -2.36. The van der Waals surface area contributed by atoms with E-state index < -0.39 is 0 Å². The minimum atomic E-state index is -0.0405. The minimum absolute atomic E-state index is 0.0405. The van der Waals surface area contributed by atoms with Gasteiger partial charge in [0.1, 0.15) is 11.6 Å². The molecule has 0 radical (unpaired) electrons. The zero-order valence-electron chi connectivity index (χ0n) is 22.0. The van der Waals surface area contributed by atoms with Crippen LogP contribution in [0.3, 0.4) is 0 Å². The van der Waals surface area contributed by atoms with Crippen molar-refractivity contribution >= 4 is 34.4 Å². The summed E-state index contributed by atoms with van der Waals surface area (Å²) in [5, 5.41) is 6.30. The van der Waals surface area contributed by atoms with E-state index in [4.69, 9.17) is 26.7 Å². The summed E-state index contributed by atoms with van der Waals surface area (Å²) in [5.74, 6) is 1.57. The Hall–Kier alpha value is -4.23. The summed E-state index contributed by atoms with van der Waals surface area (Å²) in [6.07, 6.45) is 0.618. The fraction of sp³-hybridized carbons (Fsp3) is 0.226. The Labute approximate surface area is 232 Å². The molecule has 5 aromatic rings. The largest absolute Gasteiger partial charge is 0.352 e. The average Bonchev–Trinajstić information content (AvgIpc) is 3.30. The Balaban J connectivity index is 1.36. The first-order valence-electron chi connectivity index (χ1n) is 13.1. The van der Waals surface area contributed by atoms with Crippen LogP contribution in [0.1, 0.15) is 33.0 Å². The van der Waals surface area contributed by atoms with Gasteiger partial charge in [0.25, 0.3) is 5.91 Å². The summed E-state index contributed by atoms with van der Waals surface area (Å²) in [4.78, 5) is 27.4. The summed E-state index contributed by atoms with van der Waals surface area (Å²) in [5.41, 5.74) is 5.54. The molecule has 0 aliphatic carbocycles. The lowest BCUT2D eigenvalue weighted by Crippen LogP contribution is -2.49. The molecule has 0 saturated carbocycles. The van der Waals surface area contributed by atoms with Gasteiger partial charge in [0.15, 0.2) is 5.65 Å². The normalized spacial score (nSPS) is 13.7. The molecule has 1 aliphatic rings. The van der Waals surface area contributed by atoms with Crippen LogP contribution in [-0.2, 0) is 6.42 Å². The third kappa shape index (κ3) is 4.98. The highest BCUT2D eigenvalue weighted by Gasteiger charge is 2.27. The molecule has 0 N–H and O–H groups in total.